The highest BCUT2D eigenvalue weighted by Crippen LogP contribution is 2.42. The second-order valence-corrected chi connectivity index (χ2v) is 7.36. The number of piperidine rings is 1. The van der Waals surface area contributed by atoms with E-state index < -0.39 is 5.92 Å². The van der Waals surface area contributed by atoms with E-state index in [1.165, 1.54) is 0 Å². The van der Waals surface area contributed by atoms with Crippen LogP contribution in [0.5, 0.6) is 0 Å². The van der Waals surface area contributed by atoms with Crippen molar-refractivity contribution in [2.24, 2.45) is 0 Å². The van der Waals surface area contributed by atoms with E-state index in [1.807, 2.05) is 30.3 Å². The van der Waals surface area contributed by atoms with Gasteiger partial charge in [0.1, 0.15) is 24.2 Å². The van der Waals surface area contributed by atoms with E-state index in [2.05, 4.69) is 14.0 Å². The van der Waals surface area contributed by atoms with Crippen LogP contribution in [-0.4, -0.2) is 65.2 Å². The molecule has 2 fully saturated rings. The fourth-order valence-electron chi connectivity index (χ4n) is 4.58. The molecule has 2 N–H and O–H groups in total. The fraction of sp³-hybridized carbons (Fsp3) is 0.632. The van der Waals surface area contributed by atoms with Crippen LogP contribution in [0, 0.1) is 0 Å². The number of ether oxygens (including phenoxy) is 1. The average Bonchev–Trinajstić information content (AvgIpc) is 2.71. The minimum Gasteiger partial charge on any atom is -0.461 e. The third kappa shape index (κ3) is 2.96. The van der Waals surface area contributed by atoms with Crippen molar-refractivity contribution in [1.82, 2.24) is 0 Å². The lowest BCUT2D eigenvalue weighted by atomic mass is 9.95. The second kappa shape index (κ2) is 6.82. The molecule has 0 aliphatic carbocycles. The summed E-state index contributed by atoms with van der Waals surface area (Å²) < 4.78 is 6.62. The summed E-state index contributed by atoms with van der Waals surface area (Å²) >= 11 is 0. The van der Waals surface area contributed by atoms with Crippen LogP contribution in [0.2, 0.25) is 0 Å². The van der Waals surface area contributed by atoms with Gasteiger partial charge in [0, 0.05) is 19.3 Å². The molecule has 6 atom stereocenters. The van der Waals surface area contributed by atoms with Gasteiger partial charge in [0.05, 0.1) is 26.2 Å². The molecule has 0 spiro atoms. The number of aliphatic hydroxyl groups is 2. The predicted octanol–water partition coefficient (Wildman–Crippen LogP) is 1.44. The average molecular weight is 334 g/mol. The molecule has 5 heteroatoms. The smallest absolute Gasteiger partial charge is 0.316 e. The van der Waals surface area contributed by atoms with Crippen molar-refractivity contribution >= 4 is 5.97 Å². The number of esters is 1. The van der Waals surface area contributed by atoms with Crippen molar-refractivity contribution < 1.29 is 24.2 Å². The highest BCUT2D eigenvalue weighted by molar-refractivity contribution is 5.78. The van der Waals surface area contributed by atoms with Crippen molar-refractivity contribution in [2.75, 3.05) is 20.2 Å². The molecule has 3 rings (SSSR count). The maximum Gasteiger partial charge on any atom is 0.316 e. The number of carbonyl (C=O) groups is 1. The van der Waals surface area contributed by atoms with E-state index >= 15 is 0 Å². The normalized spacial score (nSPS) is 36.3. The van der Waals surface area contributed by atoms with Crippen LogP contribution in [-0.2, 0) is 9.53 Å². The summed E-state index contributed by atoms with van der Waals surface area (Å²) in [6, 6.07) is 9.73. The summed E-state index contributed by atoms with van der Waals surface area (Å²) in [4.78, 5) is 12.5. The van der Waals surface area contributed by atoms with Gasteiger partial charge in [0.15, 0.2) is 0 Å². The molecule has 2 saturated heterocycles. The molecule has 0 radical (unpaired) electrons. The lowest BCUT2D eigenvalue weighted by Gasteiger charge is -2.46. The van der Waals surface area contributed by atoms with Crippen molar-refractivity contribution in [2.45, 2.75) is 56.4 Å². The molecule has 1 aromatic carbocycles. The lowest BCUT2D eigenvalue weighted by molar-refractivity contribution is -0.949. The van der Waals surface area contributed by atoms with Gasteiger partial charge in [-0.1, -0.05) is 30.3 Å². The molecular weight excluding hydrogens is 306 g/mol. The Kier molecular flexibility index (Phi) is 4.95. The quantitative estimate of drug-likeness (QED) is 0.632. The Morgan fingerprint density at radius 1 is 1.29 bits per heavy atom. The lowest BCUT2D eigenvalue weighted by Crippen LogP contribution is -2.60. The van der Waals surface area contributed by atoms with Gasteiger partial charge in [-0.15, -0.1) is 0 Å². The molecule has 2 heterocycles. The zero-order valence-corrected chi connectivity index (χ0v) is 14.5. The Bertz CT molecular complexity index is 578. The Hall–Kier alpha value is -1.43. The van der Waals surface area contributed by atoms with E-state index in [4.69, 9.17) is 4.74 Å². The largest absolute Gasteiger partial charge is 0.461 e. The Labute approximate surface area is 143 Å². The molecule has 2 aliphatic rings. The van der Waals surface area contributed by atoms with E-state index in [9.17, 15) is 15.0 Å². The minimum absolute atomic E-state index is 0.135. The van der Waals surface area contributed by atoms with Crippen molar-refractivity contribution in [3.63, 3.8) is 0 Å². The molecule has 5 nitrogen and oxygen atoms in total. The number of benzene rings is 1. The first kappa shape index (κ1) is 17.4. The summed E-state index contributed by atoms with van der Waals surface area (Å²) in [5.41, 5.74) is 0.776. The van der Waals surface area contributed by atoms with Gasteiger partial charge in [-0.05, 0) is 12.5 Å². The number of carbonyl (C=O) groups excluding carboxylic acids is 1. The predicted molar refractivity (Wildman–Crippen MR) is 90.3 cm³/mol. The van der Waals surface area contributed by atoms with Gasteiger partial charge >= 0.3 is 5.97 Å². The number of aliphatic hydroxyl groups excluding tert-OH is 2. The molecule has 24 heavy (non-hydrogen) atoms. The zero-order valence-electron chi connectivity index (χ0n) is 14.5. The first-order valence-electron chi connectivity index (χ1n) is 8.88. The highest BCUT2D eigenvalue weighted by atomic mass is 16.5. The van der Waals surface area contributed by atoms with Gasteiger partial charge in [-0.25, -0.2) is 0 Å². The summed E-state index contributed by atoms with van der Waals surface area (Å²) in [5, 5.41) is 20.0. The van der Waals surface area contributed by atoms with Crippen LogP contribution in [0.15, 0.2) is 30.3 Å². The number of hydrogen-bond acceptors (Lipinski definition) is 4. The van der Waals surface area contributed by atoms with E-state index in [0.717, 1.165) is 29.4 Å². The topological polar surface area (TPSA) is 66.8 Å². The van der Waals surface area contributed by atoms with Crippen LogP contribution in [0.25, 0.3) is 0 Å². The van der Waals surface area contributed by atoms with Gasteiger partial charge < -0.3 is 19.4 Å². The summed E-state index contributed by atoms with van der Waals surface area (Å²) in [6.45, 7) is 2.88. The van der Waals surface area contributed by atoms with Gasteiger partial charge in [-0.3, -0.25) is 4.79 Å². The Morgan fingerprint density at radius 2 is 2.00 bits per heavy atom. The number of quaternary nitrogens is 1. The third-order valence-electron chi connectivity index (χ3n) is 6.22. The van der Waals surface area contributed by atoms with Crippen LogP contribution in [0.4, 0.5) is 0 Å². The van der Waals surface area contributed by atoms with E-state index in [0.29, 0.717) is 12.5 Å². The number of nitrogens with zero attached hydrogens (tertiary/aromatic N) is 1. The van der Waals surface area contributed by atoms with Crippen LogP contribution >= 0.6 is 0 Å². The van der Waals surface area contributed by atoms with Crippen LogP contribution in [0.3, 0.4) is 0 Å². The summed E-state index contributed by atoms with van der Waals surface area (Å²) in [5.74, 6) is -1.00. The van der Waals surface area contributed by atoms with E-state index in [1.54, 1.807) is 0 Å². The van der Waals surface area contributed by atoms with Crippen molar-refractivity contribution in [3.05, 3.63) is 35.9 Å². The standard InChI is InChI=1S/C19H28NO4/c1-3-20(2)14-9-15(11-17(20)18(22)10-14)24-19(23)16(12-21)13-7-5-4-6-8-13/h4-8,14-18,21-22H,3,9-12H2,1-2H3/q+1/t14-,15-,16-,17-,18+,20-/m0/s1. The van der Waals surface area contributed by atoms with Gasteiger partial charge in [0.2, 0.25) is 0 Å². The number of rotatable bonds is 5. The Morgan fingerprint density at radius 3 is 2.58 bits per heavy atom. The second-order valence-electron chi connectivity index (χ2n) is 7.36. The number of fused-ring (bicyclic) bond motifs is 2. The molecule has 2 bridgehead atoms. The van der Waals surface area contributed by atoms with E-state index in [-0.39, 0.29) is 30.8 Å². The first-order valence-corrected chi connectivity index (χ1v) is 8.88. The maximum absolute atomic E-state index is 12.5. The van der Waals surface area contributed by atoms with Gasteiger partial charge in [-0.2, -0.15) is 0 Å². The molecule has 132 valence electrons. The molecular formula is C19H28NO4+. The third-order valence-corrected chi connectivity index (χ3v) is 6.22. The molecule has 1 aromatic rings. The SMILES string of the molecule is CC[N@@+]1(C)[C@H]2C[C@H](OC(=O)[C@@H](CO)c3ccccc3)C[C@H]1[C@H](O)C2. The summed E-state index contributed by atoms with van der Waals surface area (Å²) in [6.07, 6.45) is 1.79. The van der Waals surface area contributed by atoms with Gasteiger partial charge in [0.25, 0.3) is 0 Å². The molecule has 0 saturated carbocycles. The number of likely N-dealkylation sites (N-methyl/N-ethyl adjacent to an activating group) is 1. The van der Waals surface area contributed by atoms with Crippen molar-refractivity contribution in [3.8, 4) is 0 Å². The number of hydrogen-bond donors (Lipinski definition) is 2. The molecule has 0 unspecified atom stereocenters. The fourth-order valence-corrected chi connectivity index (χ4v) is 4.58. The van der Waals surface area contributed by atoms with Crippen LogP contribution < -0.4 is 0 Å². The molecule has 2 aliphatic heterocycles. The first-order chi connectivity index (χ1) is 11.5. The van der Waals surface area contributed by atoms with Crippen molar-refractivity contribution in [1.29, 1.82) is 0 Å². The summed E-state index contributed by atoms with van der Waals surface area (Å²) in [7, 11) is 2.20. The monoisotopic (exact) mass is 334 g/mol. The minimum atomic E-state index is -0.636. The molecule has 0 amide bonds. The van der Waals surface area contributed by atoms with Crippen LogP contribution in [0.1, 0.15) is 37.7 Å². The molecule has 0 aromatic heterocycles. The maximum atomic E-state index is 12.5. The highest BCUT2D eigenvalue weighted by Gasteiger charge is 2.56. The Balaban J connectivity index is 1.68. The zero-order chi connectivity index (χ0) is 17.3.